The number of nitrogens with one attached hydrogen (secondary N) is 1. The molecule has 84 valence electrons. The van der Waals surface area contributed by atoms with Crippen molar-refractivity contribution in [1.29, 1.82) is 0 Å². The van der Waals surface area contributed by atoms with Crippen LogP contribution in [0.4, 0.5) is 4.39 Å². The second-order valence-electron chi connectivity index (χ2n) is 3.30. The maximum Gasteiger partial charge on any atom is 0.142 e. The highest BCUT2D eigenvalue weighted by atomic mass is 35.5. The molecule has 5 heteroatoms. The molecule has 0 saturated heterocycles. The van der Waals surface area contributed by atoms with Gasteiger partial charge in [-0.05, 0) is 17.7 Å². The molecule has 1 aromatic heterocycles. The fraction of sp³-hybridized carbons (Fsp3) is 0.0909. The summed E-state index contributed by atoms with van der Waals surface area (Å²) in [6.07, 6.45) is 3.05. The van der Waals surface area contributed by atoms with Crippen molar-refractivity contribution in [1.82, 2.24) is 5.43 Å². The van der Waals surface area contributed by atoms with Gasteiger partial charge in [-0.3, -0.25) is 5.84 Å². The lowest BCUT2D eigenvalue weighted by atomic mass is 10.0. The summed E-state index contributed by atoms with van der Waals surface area (Å²) in [4.78, 5) is 0. The van der Waals surface area contributed by atoms with Gasteiger partial charge in [-0.25, -0.2) is 9.82 Å². The van der Waals surface area contributed by atoms with Gasteiger partial charge in [-0.15, -0.1) is 0 Å². The average Bonchev–Trinajstić information content (AvgIpc) is 2.79. The quantitative estimate of drug-likeness (QED) is 0.641. The van der Waals surface area contributed by atoms with Gasteiger partial charge in [0.25, 0.3) is 0 Å². The van der Waals surface area contributed by atoms with Gasteiger partial charge in [-0.1, -0.05) is 23.7 Å². The molecule has 0 aliphatic rings. The molecule has 0 spiro atoms. The van der Waals surface area contributed by atoms with Crippen molar-refractivity contribution in [3.8, 4) is 0 Å². The molecule has 16 heavy (non-hydrogen) atoms. The molecule has 0 amide bonds. The minimum Gasteiger partial charge on any atom is -0.472 e. The Labute approximate surface area is 97.0 Å². The van der Waals surface area contributed by atoms with E-state index in [0.29, 0.717) is 5.56 Å². The normalized spacial score (nSPS) is 12.7. The monoisotopic (exact) mass is 240 g/mol. The van der Waals surface area contributed by atoms with Crippen LogP contribution < -0.4 is 11.3 Å². The van der Waals surface area contributed by atoms with Crippen LogP contribution in [0.1, 0.15) is 17.2 Å². The maximum atomic E-state index is 13.3. The largest absolute Gasteiger partial charge is 0.472 e. The third kappa shape index (κ3) is 1.95. The summed E-state index contributed by atoms with van der Waals surface area (Å²) in [6, 6.07) is 5.95. The summed E-state index contributed by atoms with van der Waals surface area (Å²) in [5.74, 6) is 4.97. The summed E-state index contributed by atoms with van der Waals surface area (Å²) < 4.78 is 18.3. The molecule has 2 rings (SSSR count). The van der Waals surface area contributed by atoms with Crippen LogP contribution in [0, 0.1) is 5.82 Å². The van der Waals surface area contributed by atoms with E-state index in [1.165, 1.54) is 18.6 Å². The Balaban J connectivity index is 2.45. The van der Waals surface area contributed by atoms with Gasteiger partial charge in [0, 0.05) is 5.56 Å². The lowest BCUT2D eigenvalue weighted by molar-refractivity contribution is 0.552. The summed E-state index contributed by atoms with van der Waals surface area (Å²) in [5.41, 5.74) is 3.94. The number of benzene rings is 1. The Hall–Kier alpha value is -1.36. The second-order valence-corrected chi connectivity index (χ2v) is 3.68. The molecule has 0 radical (unpaired) electrons. The van der Waals surface area contributed by atoms with Gasteiger partial charge < -0.3 is 4.42 Å². The van der Waals surface area contributed by atoms with Crippen molar-refractivity contribution in [3.05, 3.63) is 58.8 Å². The number of nitrogens with two attached hydrogens (primary N) is 1. The summed E-state index contributed by atoms with van der Waals surface area (Å²) in [5, 5.41) is 0.0617. The van der Waals surface area contributed by atoms with Gasteiger partial charge in [0.1, 0.15) is 5.82 Å². The van der Waals surface area contributed by atoms with Crippen molar-refractivity contribution in [3.63, 3.8) is 0 Å². The number of hydrazine groups is 1. The Morgan fingerprint density at radius 2 is 2.19 bits per heavy atom. The molecule has 0 bridgehead atoms. The lowest BCUT2D eigenvalue weighted by Crippen LogP contribution is -2.28. The van der Waals surface area contributed by atoms with Crippen LogP contribution >= 0.6 is 11.6 Å². The van der Waals surface area contributed by atoms with Crippen LogP contribution in [-0.4, -0.2) is 0 Å². The molecule has 0 aliphatic heterocycles. The number of hydrogen-bond donors (Lipinski definition) is 2. The van der Waals surface area contributed by atoms with Crippen LogP contribution in [0.25, 0.3) is 0 Å². The molecule has 1 atom stereocenters. The third-order valence-electron chi connectivity index (χ3n) is 2.34. The van der Waals surface area contributed by atoms with Crippen molar-refractivity contribution < 1.29 is 8.81 Å². The molecular weight excluding hydrogens is 231 g/mol. The third-order valence-corrected chi connectivity index (χ3v) is 2.73. The molecule has 0 saturated carbocycles. The lowest BCUT2D eigenvalue weighted by Gasteiger charge is -2.16. The van der Waals surface area contributed by atoms with Crippen LogP contribution in [-0.2, 0) is 0 Å². The predicted molar refractivity (Wildman–Crippen MR) is 59.3 cm³/mol. The van der Waals surface area contributed by atoms with E-state index in [1.54, 1.807) is 18.2 Å². The molecular formula is C11H10ClFN2O. The number of hydrogen-bond acceptors (Lipinski definition) is 3. The van der Waals surface area contributed by atoms with Crippen LogP contribution in [0.3, 0.4) is 0 Å². The van der Waals surface area contributed by atoms with Crippen molar-refractivity contribution in [2.24, 2.45) is 5.84 Å². The topological polar surface area (TPSA) is 51.2 Å². The molecule has 1 unspecified atom stereocenters. The predicted octanol–water partition coefficient (Wildman–Crippen LogP) is 2.62. The van der Waals surface area contributed by atoms with E-state index in [0.717, 1.165) is 5.56 Å². The number of halogens is 2. The van der Waals surface area contributed by atoms with Gasteiger partial charge in [0.05, 0.1) is 23.6 Å². The minimum atomic E-state index is -0.470. The van der Waals surface area contributed by atoms with Crippen molar-refractivity contribution in [2.75, 3.05) is 0 Å². The van der Waals surface area contributed by atoms with Crippen LogP contribution in [0.2, 0.25) is 5.02 Å². The van der Waals surface area contributed by atoms with E-state index in [1.807, 2.05) is 0 Å². The zero-order chi connectivity index (χ0) is 11.5. The molecule has 1 heterocycles. The number of rotatable bonds is 3. The van der Waals surface area contributed by atoms with Gasteiger partial charge in [-0.2, -0.15) is 0 Å². The Morgan fingerprint density at radius 1 is 1.38 bits per heavy atom. The fourth-order valence-electron chi connectivity index (χ4n) is 1.55. The highest BCUT2D eigenvalue weighted by molar-refractivity contribution is 6.31. The first-order valence-corrected chi connectivity index (χ1v) is 5.04. The molecule has 3 N–H and O–H groups in total. The SMILES string of the molecule is NNC(c1ccoc1)c1cccc(F)c1Cl. The van der Waals surface area contributed by atoms with E-state index in [2.05, 4.69) is 5.43 Å². The van der Waals surface area contributed by atoms with E-state index in [9.17, 15) is 4.39 Å². The maximum absolute atomic E-state index is 13.3. The van der Waals surface area contributed by atoms with E-state index < -0.39 is 5.82 Å². The Bertz CT molecular complexity index is 473. The Kier molecular flexibility index (Phi) is 3.24. The molecule has 2 aromatic rings. The van der Waals surface area contributed by atoms with Crippen LogP contribution in [0.5, 0.6) is 0 Å². The van der Waals surface area contributed by atoms with Gasteiger partial charge in [0.2, 0.25) is 0 Å². The first-order valence-electron chi connectivity index (χ1n) is 4.66. The summed E-state index contributed by atoms with van der Waals surface area (Å²) in [7, 11) is 0. The van der Waals surface area contributed by atoms with Crippen LogP contribution in [0.15, 0.2) is 41.2 Å². The first-order chi connectivity index (χ1) is 7.74. The zero-order valence-corrected chi connectivity index (χ0v) is 9.04. The van der Waals surface area contributed by atoms with Crippen molar-refractivity contribution >= 4 is 11.6 Å². The van der Waals surface area contributed by atoms with E-state index in [-0.39, 0.29) is 11.1 Å². The first kappa shape index (κ1) is 11.1. The van der Waals surface area contributed by atoms with Gasteiger partial charge in [0.15, 0.2) is 0 Å². The van der Waals surface area contributed by atoms with Crippen molar-refractivity contribution in [2.45, 2.75) is 6.04 Å². The fourth-order valence-corrected chi connectivity index (χ4v) is 1.78. The average molecular weight is 241 g/mol. The highest BCUT2D eigenvalue weighted by Crippen LogP contribution is 2.29. The molecule has 1 aromatic carbocycles. The summed E-state index contributed by atoms with van der Waals surface area (Å²) >= 11 is 5.88. The van der Waals surface area contributed by atoms with E-state index >= 15 is 0 Å². The second kappa shape index (κ2) is 4.65. The molecule has 0 fully saturated rings. The minimum absolute atomic E-state index is 0.0617. The molecule has 3 nitrogen and oxygen atoms in total. The molecule has 0 aliphatic carbocycles. The standard InChI is InChI=1S/C11H10ClFN2O/c12-10-8(2-1-3-9(10)13)11(15-14)7-4-5-16-6-7/h1-6,11,15H,14H2. The zero-order valence-electron chi connectivity index (χ0n) is 8.28. The van der Waals surface area contributed by atoms with E-state index in [4.69, 9.17) is 21.9 Å². The van der Waals surface area contributed by atoms with Gasteiger partial charge >= 0.3 is 0 Å². The summed E-state index contributed by atoms with van der Waals surface area (Å²) in [6.45, 7) is 0. The Morgan fingerprint density at radius 3 is 2.81 bits per heavy atom. The highest BCUT2D eigenvalue weighted by Gasteiger charge is 2.18. The number of furan rings is 1. The smallest absolute Gasteiger partial charge is 0.142 e.